The molecule has 0 atom stereocenters. The van der Waals surface area contributed by atoms with Crippen molar-refractivity contribution in [2.24, 2.45) is 0 Å². The van der Waals surface area contributed by atoms with Crippen LogP contribution < -0.4 is 4.90 Å². The average Bonchev–Trinajstić information content (AvgIpc) is 2.26. The smallest absolute Gasteiger partial charge is 0.370 e. The summed E-state index contributed by atoms with van der Waals surface area (Å²) in [6.45, 7) is 3.70. The molecule has 0 amide bonds. The van der Waals surface area contributed by atoms with Crippen LogP contribution in [0.3, 0.4) is 0 Å². The van der Waals surface area contributed by atoms with Gasteiger partial charge in [0.1, 0.15) is 5.69 Å². The van der Waals surface area contributed by atoms with Crippen molar-refractivity contribution in [3.05, 3.63) is 23.5 Å². The van der Waals surface area contributed by atoms with Gasteiger partial charge in [0.05, 0.1) is 11.9 Å². The van der Waals surface area contributed by atoms with E-state index in [1.807, 2.05) is 6.92 Å². The lowest BCUT2D eigenvalue weighted by molar-refractivity contribution is -0.141. The highest BCUT2D eigenvalue weighted by Crippen LogP contribution is 2.33. The summed E-state index contributed by atoms with van der Waals surface area (Å²) in [7, 11) is 0. The molecule has 2 rings (SSSR count). The van der Waals surface area contributed by atoms with E-state index in [1.54, 1.807) is 0 Å². The second-order valence-corrected chi connectivity index (χ2v) is 3.88. The van der Waals surface area contributed by atoms with Crippen molar-refractivity contribution in [2.45, 2.75) is 25.9 Å². The third-order valence-electron chi connectivity index (χ3n) is 2.85. The third kappa shape index (κ3) is 1.99. The van der Waals surface area contributed by atoms with Crippen molar-refractivity contribution in [2.75, 3.05) is 18.0 Å². The summed E-state index contributed by atoms with van der Waals surface area (Å²) in [6.07, 6.45) is -1.38. The number of aryl methyl sites for hydroxylation is 1. The van der Waals surface area contributed by atoms with Gasteiger partial charge in [-0.05, 0) is 31.4 Å². The van der Waals surface area contributed by atoms with Crippen molar-refractivity contribution >= 4 is 5.69 Å². The number of hydrogen-bond acceptors (Lipinski definition) is 2. The summed E-state index contributed by atoms with van der Waals surface area (Å²) in [5.41, 5.74) is 0.821. The fourth-order valence-corrected chi connectivity index (χ4v) is 2.04. The van der Waals surface area contributed by atoms with Crippen molar-refractivity contribution < 1.29 is 13.2 Å². The van der Waals surface area contributed by atoms with Crippen molar-refractivity contribution in [3.8, 4) is 0 Å². The van der Waals surface area contributed by atoms with Crippen molar-refractivity contribution in [1.82, 2.24) is 4.98 Å². The maximum absolute atomic E-state index is 12.5. The maximum Gasteiger partial charge on any atom is 0.433 e. The number of rotatable bonds is 1. The molecular formula is C11H13F3N2. The Morgan fingerprint density at radius 2 is 2.19 bits per heavy atom. The Balaban J connectivity index is 2.39. The first kappa shape index (κ1) is 11.2. The zero-order valence-corrected chi connectivity index (χ0v) is 9.01. The molecule has 0 spiro atoms. The van der Waals surface area contributed by atoms with E-state index in [2.05, 4.69) is 9.88 Å². The van der Waals surface area contributed by atoms with E-state index in [-0.39, 0.29) is 0 Å². The van der Waals surface area contributed by atoms with Gasteiger partial charge in [0.15, 0.2) is 0 Å². The van der Waals surface area contributed by atoms with Gasteiger partial charge in [-0.2, -0.15) is 13.2 Å². The largest absolute Gasteiger partial charge is 0.433 e. The van der Waals surface area contributed by atoms with E-state index in [4.69, 9.17) is 0 Å². The second-order valence-electron chi connectivity index (χ2n) is 3.88. The van der Waals surface area contributed by atoms with Gasteiger partial charge in [-0.3, -0.25) is 0 Å². The Kier molecular flexibility index (Phi) is 2.78. The lowest BCUT2D eigenvalue weighted by atomic mass is 10.0. The molecular weight excluding hydrogens is 217 g/mol. The van der Waals surface area contributed by atoms with Gasteiger partial charge in [0.2, 0.25) is 0 Å². The Labute approximate surface area is 92.1 Å². The van der Waals surface area contributed by atoms with E-state index in [0.717, 1.165) is 30.8 Å². The number of anilines is 1. The third-order valence-corrected chi connectivity index (χ3v) is 2.85. The molecule has 2 nitrogen and oxygen atoms in total. The molecule has 0 saturated heterocycles. The number of fused-ring (bicyclic) bond motifs is 1. The summed E-state index contributed by atoms with van der Waals surface area (Å²) >= 11 is 0. The molecule has 0 aliphatic carbocycles. The molecule has 0 unspecified atom stereocenters. The van der Waals surface area contributed by atoms with Gasteiger partial charge < -0.3 is 4.90 Å². The van der Waals surface area contributed by atoms with E-state index in [0.29, 0.717) is 6.42 Å². The van der Waals surface area contributed by atoms with Crippen LogP contribution in [0, 0.1) is 0 Å². The van der Waals surface area contributed by atoms with Gasteiger partial charge in [-0.1, -0.05) is 0 Å². The monoisotopic (exact) mass is 230 g/mol. The molecule has 5 heteroatoms. The van der Waals surface area contributed by atoms with Crippen LogP contribution in [-0.4, -0.2) is 18.1 Å². The van der Waals surface area contributed by atoms with Crippen LogP contribution in [-0.2, 0) is 12.6 Å². The molecule has 0 N–H and O–H groups in total. The lowest BCUT2D eigenvalue weighted by Crippen LogP contribution is -2.29. The predicted molar refractivity (Wildman–Crippen MR) is 55.4 cm³/mol. The van der Waals surface area contributed by atoms with E-state index >= 15 is 0 Å². The molecule has 0 aromatic carbocycles. The molecule has 0 saturated carbocycles. The second kappa shape index (κ2) is 3.96. The minimum atomic E-state index is -4.34. The first-order valence-electron chi connectivity index (χ1n) is 5.33. The highest BCUT2D eigenvalue weighted by Gasteiger charge is 2.33. The Morgan fingerprint density at radius 1 is 1.44 bits per heavy atom. The number of halogens is 3. The van der Waals surface area contributed by atoms with E-state index < -0.39 is 11.9 Å². The first-order valence-corrected chi connectivity index (χ1v) is 5.33. The van der Waals surface area contributed by atoms with E-state index in [1.165, 1.54) is 12.3 Å². The minimum absolute atomic E-state index is 0.706. The number of nitrogens with zero attached hydrogens (tertiary/aromatic N) is 2. The number of alkyl halides is 3. The lowest BCUT2D eigenvalue weighted by Gasteiger charge is -2.30. The van der Waals surface area contributed by atoms with Crippen LogP contribution in [0.5, 0.6) is 0 Å². The number of pyridine rings is 1. The maximum atomic E-state index is 12.5. The molecule has 1 aliphatic heterocycles. The molecule has 1 aromatic rings. The highest BCUT2D eigenvalue weighted by molar-refractivity contribution is 5.54. The number of hydrogen-bond donors (Lipinski definition) is 0. The Hall–Kier alpha value is -1.26. The summed E-state index contributed by atoms with van der Waals surface area (Å²) in [5.74, 6) is 0. The van der Waals surface area contributed by atoms with Crippen LogP contribution in [0.2, 0.25) is 0 Å². The SMILES string of the molecule is CCN1CCCc2cc(C(F)(F)F)ncc21. The van der Waals surface area contributed by atoms with Gasteiger partial charge in [-0.15, -0.1) is 0 Å². The fraction of sp³-hybridized carbons (Fsp3) is 0.545. The molecule has 0 radical (unpaired) electrons. The number of aromatic nitrogens is 1. The zero-order valence-electron chi connectivity index (χ0n) is 9.01. The first-order chi connectivity index (χ1) is 7.52. The zero-order chi connectivity index (χ0) is 11.8. The quantitative estimate of drug-likeness (QED) is 0.737. The van der Waals surface area contributed by atoms with Gasteiger partial charge >= 0.3 is 6.18 Å². The van der Waals surface area contributed by atoms with Crippen LogP contribution >= 0.6 is 0 Å². The molecule has 0 bridgehead atoms. The highest BCUT2D eigenvalue weighted by atomic mass is 19.4. The summed E-state index contributed by atoms with van der Waals surface area (Å²) in [5, 5.41) is 0. The molecule has 16 heavy (non-hydrogen) atoms. The minimum Gasteiger partial charge on any atom is -0.370 e. The Morgan fingerprint density at radius 3 is 2.81 bits per heavy atom. The normalized spacial score (nSPS) is 16.1. The predicted octanol–water partition coefficient (Wildman–Crippen LogP) is 2.87. The van der Waals surface area contributed by atoms with Crippen molar-refractivity contribution in [1.29, 1.82) is 0 Å². The fourth-order valence-electron chi connectivity index (χ4n) is 2.04. The van der Waals surface area contributed by atoms with Crippen LogP contribution in [0.25, 0.3) is 0 Å². The standard InChI is InChI=1S/C11H13F3N2/c1-2-16-5-3-4-8-6-10(11(12,13)14)15-7-9(8)16/h6-7H,2-5H2,1H3. The molecule has 1 aromatic heterocycles. The van der Waals surface area contributed by atoms with Crippen LogP contribution in [0.4, 0.5) is 18.9 Å². The van der Waals surface area contributed by atoms with Gasteiger partial charge in [0.25, 0.3) is 0 Å². The molecule has 88 valence electrons. The molecule has 0 fully saturated rings. The summed E-state index contributed by atoms with van der Waals surface area (Å²) in [6, 6.07) is 1.18. The average molecular weight is 230 g/mol. The molecule has 1 aliphatic rings. The topological polar surface area (TPSA) is 16.1 Å². The van der Waals surface area contributed by atoms with Crippen LogP contribution in [0.1, 0.15) is 24.6 Å². The summed E-state index contributed by atoms with van der Waals surface area (Å²) in [4.78, 5) is 5.56. The van der Waals surface area contributed by atoms with E-state index in [9.17, 15) is 13.2 Å². The van der Waals surface area contributed by atoms with Gasteiger partial charge in [0, 0.05) is 13.1 Å². The van der Waals surface area contributed by atoms with Crippen LogP contribution in [0.15, 0.2) is 12.3 Å². The van der Waals surface area contributed by atoms with Crippen molar-refractivity contribution in [3.63, 3.8) is 0 Å². The van der Waals surface area contributed by atoms with Gasteiger partial charge in [-0.25, -0.2) is 4.98 Å². The Bertz CT molecular complexity index is 387. The summed E-state index contributed by atoms with van der Waals surface area (Å²) < 4.78 is 37.4. The molecule has 2 heterocycles.